The lowest BCUT2D eigenvalue weighted by molar-refractivity contribution is 0.0925. The Hall–Kier alpha value is -1.69. The molecule has 0 bridgehead atoms. The fourth-order valence-electron chi connectivity index (χ4n) is 1.90. The molecule has 2 aromatic heterocycles. The number of ether oxygens (including phenoxy) is 1. The van der Waals surface area contributed by atoms with Gasteiger partial charge in [0.15, 0.2) is 11.5 Å². The van der Waals surface area contributed by atoms with Crippen LogP contribution in [0, 0.1) is 5.92 Å². The first-order chi connectivity index (χ1) is 9.61. The molecular weight excluding hydrogens is 254 g/mol. The van der Waals surface area contributed by atoms with Crippen LogP contribution < -0.4 is 5.32 Å². The standard InChI is InChI=1S/C14H23N5O/c1-5-6-15-13-11-7-16-19(4)14(11)18-12(17-13)9-20-8-10(2)3/h7,10H,5-6,8-9H2,1-4H3,(H,15,17,18). The number of aryl methyl sites for hydroxylation is 1. The number of anilines is 1. The first kappa shape index (κ1) is 14.7. The molecule has 110 valence electrons. The van der Waals surface area contributed by atoms with Crippen LogP contribution >= 0.6 is 0 Å². The minimum Gasteiger partial charge on any atom is -0.373 e. The molecule has 2 rings (SSSR count). The number of hydrogen-bond donors (Lipinski definition) is 1. The molecule has 6 nitrogen and oxygen atoms in total. The highest BCUT2D eigenvalue weighted by Gasteiger charge is 2.11. The molecule has 0 amide bonds. The molecule has 0 fully saturated rings. The van der Waals surface area contributed by atoms with E-state index in [1.54, 1.807) is 10.9 Å². The molecule has 0 aliphatic rings. The van der Waals surface area contributed by atoms with E-state index < -0.39 is 0 Å². The van der Waals surface area contributed by atoms with E-state index in [2.05, 4.69) is 41.2 Å². The monoisotopic (exact) mass is 277 g/mol. The summed E-state index contributed by atoms with van der Waals surface area (Å²) in [5, 5.41) is 8.53. The van der Waals surface area contributed by atoms with Gasteiger partial charge >= 0.3 is 0 Å². The molecule has 0 radical (unpaired) electrons. The number of aromatic nitrogens is 4. The Morgan fingerprint density at radius 1 is 1.35 bits per heavy atom. The summed E-state index contributed by atoms with van der Waals surface area (Å²) in [6.07, 6.45) is 2.84. The first-order valence-electron chi connectivity index (χ1n) is 7.12. The molecule has 20 heavy (non-hydrogen) atoms. The van der Waals surface area contributed by atoms with Gasteiger partial charge in [-0.25, -0.2) is 9.97 Å². The maximum atomic E-state index is 5.62. The van der Waals surface area contributed by atoms with E-state index in [0.29, 0.717) is 25.0 Å². The average molecular weight is 277 g/mol. The molecule has 6 heteroatoms. The summed E-state index contributed by atoms with van der Waals surface area (Å²) in [6.45, 7) is 8.40. The zero-order valence-corrected chi connectivity index (χ0v) is 12.7. The second-order valence-corrected chi connectivity index (χ2v) is 5.33. The highest BCUT2D eigenvalue weighted by molar-refractivity contribution is 5.86. The van der Waals surface area contributed by atoms with E-state index in [4.69, 9.17) is 4.74 Å². The summed E-state index contributed by atoms with van der Waals surface area (Å²) in [6, 6.07) is 0. The van der Waals surface area contributed by atoms with Crippen molar-refractivity contribution >= 4 is 16.9 Å². The van der Waals surface area contributed by atoms with E-state index in [0.717, 1.165) is 29.8 Å². The van der Waals surface area contributed by atoms with Gasteiger partial charge in [0.1, 0.15) is 12.4 Å². The van der Waals surface area contributed by atoms with Gasteiger partial charge in [0.25, 0.3) is 0 Å². The van der Waals surface area contributed by atoms with Gasteiger partial charge in [-0.15, -0.1) is 0 Å². The van der Waals surface area contributed by atoms with Gasteiger partial charge in [0, 0.05) is 20.2 Å². The highest BCUT2D eigenvalue weighted by atomic mass is 16.5. The first-order valence-corrected chi connectivity index (χ1v) is 7.12. The zero-order valence-electron chi connectivity index (χ0n) is 12.7. The SMILES string of the molecule is CCCNc1nc(COCC(C)C)nc2c1cnn2C. The van der Waals surface area contributed by atoms with Crippen molar-refractivity contribution in [2.45, 2.75) is 33.8 Å². The number of fused-ring (bicyclic) bond motifs is 1. The molecule has 1 N–H and O–H groups in total. The Kier molecular flexibility index (Phi) is 4.89. The van der Waals surface area contributed by atoms with Crippen molar-refractivity contribution in [1.29, 1.82) is 0 Å². The van der Waals surface area contributed by atoms with Gasteiger partial charge < -0.3 is 10.1 Å². The Bertz CT molecular complexity index is 564. The van der Waals surface area contributed by atoms with Crippen molar-refractivity contribution < 1.29 is 4.74 Å². The highest BCUT2D eigenvalue weighted by Crippen LogP contribution is 2.19. The van der Waals surface area contributed by atoms with Gasteiger partial charge in [-0.2, -0.15) is 5.10 Å². The molecule has 0 aromatic carbocycles. The summed E-state index contributed by atoms with van der Waals surface area (Å²) >= 11 is 0. The molecule has 2 heterocycles. The lowest BCUT2D eigenvalue weighted by atomic mass is 10.2. The van der Waals surface area contributed by atoms with Crippen LogP contribution in [0.25, 0.3) is 11.0 Å². The van der Waals surface area contributed by atoms with Crippen LogP contribution in [0.3, 0.4) is 0 Å². The average Bonchev–Trinajstić information content (AvgIpc) is 2.78. The maximum Gasteiger partial charge on any atom is 0.163 e. The number of nitrogens with one attached hydrogen (secondary N) is 1. The Morgan fingerprint density at radius 2 is 2.15 bits per heavy atom. The van der Waals surface area contributed by atoms with E-state index in [9.17, 15) is 0 Å². The molecule has 2 aromatic rings. The van der Waals surface area contributed by atoms with Crippen LogP contribution in [-0.4, -0.2) is 32.9 Å². The summed E-state index contributed by atoms with van der Waals surface area (Å²) in [7, 11) is 1.89. The zero-order chi connectivity index (χ0) is 14.5. The van der Waals surface area contributed by atoms with Crippen molar-refractivity contribution in [3.63, 3.8) is 0 Å². The predicted octanol–water partition coefficient (Wildman–Crippen LogP) is 2.36. The fourth-order valence-corrected chi connectivity index (χ4v) is 1.90. The summed E-state index contributed by atoms with van der Waals surface area (Å²) < 4.78 is 7.39. The van der Waals surface area contributed by atoms with Crippen molar-refractivity contribution in [1.82, 2.24) is 19.7 Å². The van der Waals surface area contributed by atoms with Crippen molar-refractivity contribution in [2.24, 2.45) is 13.0 Å². The van der Waals surface area contributed by atoms with E-state index >= 15 is 0 Å². The third-order valence-corrected chi connectivity index (χ3v) is 2.86. The topological polar surface area (TPSA) is 64.9 Å². The quantitative estimate of drug-likeness (QED) is 0.841. The van der Waals surface area contributed by atoms with Crippen LogP contribution in [0.5, 0.6) is 0 Å². The summed E-state index contributed by atoms with van der Waals surface area (Å²) in [5.41, 5.74) is 0.835. The van der Waals surface area contributed by atoms with Crippen LogP contribution in [0.2, 0.25) is 0 Å². The number of rotatable bonds is 7. The molecule has 0 atom stereocenters. The smallest absolute Gasteiger partial charge is 0.163 e. The van der Waals surface area contributed by atoms with Crippen LogP contribution in [-0.2, 0) is 18.4 Å². The molecule has 0 saturated heterocycles. The maximum absolute atomic E-state index is 5.62. The Morgan fingerprint density at radius 3 is 2.85 bits per heavy atom. The Balaban J connectivity index is 2.23. The minimum absolute atomic E-state index is 0.431. The number of hydrogen-bond acceptors (Lipinski definition) is 5. The normalized spacial score (nSPS) is 11.4. The van der Waals surface area contributed by atoms with Gasteiger partial charge in [-0.3, -0.25) is 4.68 Å². The van der Waals surface area contributed by atoms with E-state index in [1.165, 1.54) is 0 Å². The molecule has 0 aliphatic carbocycles. The molecule has 0 saturated carbocycles. The summed E-state index contributed by atoms with van der Waals surface area (Å²) in [5.74, 6) is 2.04. The second-order valence-electron chi connectivity index (χ2n) is 5.33. The van der Waals surface area contributed by atoms with Crippen molar-refractivity contribution in [2.75, 3.05) is 18.5 Å². The van der Waals surface area contributed by atoms with Crippen molar-refractivity contribution in [3.05, 3.63) is 12.0 Å². The lowest BCUT2D eigenvalue weighted by Gasteiger charge is -2.09. The summed E-state index contributed by atoms with van der Waals surface area (Å²) in [4.78, 5) is 9.07. The van der Waals surface area contributed by atoms with Gasteiger partial charge in [0.2, 0.25) is 0 Å². The largest absolute Gasteiger partial charge is 0.373 e. The lowest BCUT2D eigenvalue weighted by Crippen LogP contribution is -2.09. The third kappa shape index (κ3) is 3.45. The fraction of sp³-hybridized carbons (Fsp3) is 0.643. The van der Waals surface area contributed by atoms with Crippen LogP contribution in [0.4, 0.5) is 5.82 Å². The third-order valence-electron chi connectivity index (χ3n) is 2.86. The second kappa shape index (κ2) is 6.65. The molecule has 0 aliphatic heterocycles. The van der Waals surface area contributed by atoms with Gasteiger partial charge in [-0.1, -0.05) is 20.8 Å². The van der Waals surface area contributed by atoms with E-state index in [1.807, 2.05) is 7.05 Å². The Labute approximate surface area is 119 Å². The predicted molar refractivity (Wildman–Crippen MR) is 79.6 cm³/mol. The van der Waals surface area contributed by atoms with Gasteiger partial charge in [-0.05, 0) is 12.3 Å². The van der Waals surface area contributed by atoms with Crippen LogP contribution in [0.15, 0.2) is 6.20 Å². The molecule has 0 spiro atoms. The van der Waals surface area contributed by atoms with Crippen molar-refractivity contribution in [3.8, 4) is 0 Å². The van der Waals surface area contributed by atoms with Gasteiger partial charge in [0.05, 0.1) is 11.6 Å². The molecule has 0 unspecified atom stereocenters. The van der Waals surface area contributed by atoms with E-state index in [-0.39, 0.29) is 0 Å². The van der Waals surface area contributed by atoms with Crippen LogP contribution in [0.1, 0.15) is 33.0 Å². The minimum atomic E-state index is 0.431. The number of nitrogens with zero attached hydrogens (tertiary/aromatic N) is 4. The molecular formula is C14H23N5O.